The van der Waals surface area contributed by atoms with Crippen LogP contribution in [-0.2, 0) is 0 Å². The van der Waals surface area contributed by atoms with Crippen molar-refractivity contribution in [1.29, 1.82) is 0 Å². The van der Waals surface area contributed by atoms with Gasteiger partial charge in [0.25, 0.3) is 0 Å². The van der Waals surface area contributed by atoms with Crippen molar-refractivity contribution < 1.29 is 0 Å². The summed E-state index contributed by atoms with van der Waals surface area (Å²) in [6.45, 7) is 0. The molecule has 1 heteroatoms. The molecule has 2 aromatic rings. The van der Waals surface area contributed by atoms with E-state index in [1.165, 1.54) is 30.4 Å². The first-order chi connectivity index (χ1) is 10.3. The van der Waals surface area contributed by atoms with Gasteiger partial charge in [0.2, 0.25) is 0 Å². The maximum absolute atomic E-state index is 2.59. The van der Waals surface area contributed by atoms with Crippen LogP contribution in [0.4, 0.5) is 0 Å². The SMILES string of the molecule is CN1[C@@H]2CC[C@H]1C(c1ccccc1)=C(c1ccccc1)C2. The highest BCUT2D eigenvalue weighted by Crippen LogP contribution is 2.45. The van der Waals surface area contributed by atoms with E-state index in [0.717, 1.165) is 6.04 Å². The third-order valence-corrected chi connectivity index (χ3v) is 5.15. The fourth-order valence-corrected chi connectivity index (χ4v) is 4.05. The molecule has 2 bridgehead atoms. The predicted octanol–water partition coefficient (Wildman–Crippen LogP) is 4.46. The van der Waals surface area contributed by atoms with Gasteiger partial charge < -0.3 is 0 Å². The smallest absolute Gasteiger partial charge is 0.0357 e. The van der Waals surface area contributed by atoms with Crippen LogP contribution in [-0.4, -0.2) is 24.0 Å². The Hall–Kier alpha value is -1.86. The fraction of sp³-hybridized carbons (Fsp3) is 0.300. The van der Waals surface area contributed by atoms with Crippen molar-refractivity contribution in [3.8, 4) is 0 Å². The summed E-state index contributed by atoms with van der Waals surface area (Å²) in [4.78, 5) is 2.59. The summed E-state index contributed by atoms with van der Waals surface area (Å²) in [6.07, 6.45) is 3.80. The normalized spacial score (nSPS) is 25.4. The Morgan fingerprint density at radius 1 is 0.810 bits per heavy atom. The van der Waals surface area contributed by atoms with E-state index in [9.17, 15) is 0 Å². The number of fused-ring (bicyclic) bond motifs is 2. The maximum Gasteiger partial charge on any atom is 0.0357 e. The zero-order valence-corrected chi connectivity index (χ0v) is 12.5. The molecule has 106 valence electrons. The second kappa shape index (κ2) is 5.16. The van der Waals surface area contributed by atoms with Gasteiger partial charge in [-0.1, -0.05) is 60.7 Å². The standard InChI is InChI=1S/C20H21N/c1-21-17-12-13-19(21)20(16-10-6-3-7-11-16)18(14-17)15-8-4-2-5-9-15/h2-11,17,19H,12-14H2,1H3/t17-,19+/m1/s1. The van der Waals surface area contributed by atoms with Crippen molar-refractivity contribution in [1.82, 2.24) is 4.90 Å². The van der Waals surface area contributed by atoms with Crippen LogP contribution in [0.3, 0.4) is 0 Å². The van der Waals surface area contributed by atoms with E-state index in [1.54, 1.807) is 11.1 Å². The van der Waals surface area contributed by atoms with Crippen molar-refractivity contribution >= 4 is 11.1 Å². The monoisotopic (exact) mass is 275 g/mol. The van der Waals surface area contributed by atoms with Crippen LogP contribution in [0, 0.1) is 0 Å². The summed E-state index contributed by atoms with van der Waals surface area (Å²) >= 11 is 0. The molecule has 0 unspecified atom stereocenters. The van der Waals surface area contributed by atoms with Gasteiger partial charge in [0.05, 0.1) is 0 Å². The van der Waals surface area contributed by atoms with Crippen LogP contribution < -0.4 is 0 Å². The Bertz CT molecular complexity index is 657. The third kappa shape index (κ3) is 2.13. The first-order valence-corrected chi connectivity index (χ1v) is 7.90. The molecular formula is C20H21N. The van der Waals surface area contributed by atoms with Crippen LogP contribution in [0.15, 0.2) is 60.7 Å². The molecule has 2 aliphatic rings. The lowest BCUT2D eigenvalue weighted by molar-refractivity contribution is 0.271. The Morgan fingerprint density at radius 2 is 1.43 bits per heavy atom. The van der Waals surface area contributed by atoms with Crippen LogP contribution in [0.1, 0.15) is 30.4 Å². The lowest BCUT2D eigenvalue weighted by atomic mass is 9.85. The van der Waals surface area contributed by atoms with Gasteiger partial charge in [0, 0.05) is 12.1 Å². The van der Waals surface area contributed by atoms with E-state index in [0.29, 0.717) is 6.04 Å². The van der Waals surface area contributed by atoms with Crippen LogP contribution in [0.5, 0.6) is 0 Å². The van der Waals surface area contributed by atoms with Gasteiger partial charge in [-0.25, -0.2) is 0 Å². The van der Waals surface area contributed by atoms with Crippen LogP contribution in [0.2, 0.25) is 0 Å². The minimum atomic E-state index is 0.585. The molecule has 1 saturated heterocycles. The second-order valence-electron chi connectivity index (χ2n) is 6.24. The van der Waals surface area contributed by atoms with Crippen molar-refractivity contribution in [2.45, 2.75) is 31.3 Å². The number of hydrogen-bond donors (Lipinski definition) is 0. The van der Waals surface area contributed by atoms with Crippen molar-refractivity contribution in [2.75, 3.05) is 7.05 Å². The van der Waals surface area contributed by atoms with Gasteiger partial charge in [0.1, 0.15) is 0 Å². The number of benzene rings is 2. The lowest BCUT2D eigenvalue weighted by Crippen LogP contribution is -2.37. The molecule has 1 nitrogen and oxygen atoms in total. The highest BCUT2D eigenvalue weighted by atomic mass is 15.2. The zero-order chi connectivity index (χ0) is 14.2. The third-order valence-electron chi connectivity index (χ3n) is 5.15. The van der Waals surface area contributed by atoms with Crippen molar-refractivity contribution in [3.05, 3.63) is 71.8 Å². The average molecular weight is 275 g/mol. The lowest BCUT2D eigenvalue weighted by Gasteiger charge is -2.36. The largest absolute Gasteiger partial charge is 0.296 e. The molecule has 4 rings (SSSR count). The summed E-state index contributed by atoms with van der Waals surface area (Å²) in [7, 11) is 2.30. The summed E-state index contributed by atoms with van der Waals surface area (Å²) in [5.41, 5.74) is 5.92. The Kier molecular flexibility index (Phi) is 3.16. The topological polar surface area (TPSA) is 3.24 Å². The first-order valence-electron chi connectivity index (χ1n) is 7.90. The Morgan fingerprint density at radius 3 is 2.10 bits per heavy atom. The molecule has 2 aromatic carbocycles. The van der Waals surface area contributed by atoms with E-state index >= 15 is 0 Å². The molecule has 0 spiro atoms. The van der Waals surface area contributed by atoms with Crippen molar-refractivity contribution in [3.63, 3.8) is 0 Å². The van der Waals surface area contributed by atoms with E-state index in [-0.39, 0.29) is 0 Å². The number of hydrogen-bond acceptors (Lipinski definition) is 1. The van der Waals surface area contributed by atoms with Gasteiger partial charge in [-0.15, -0.1) is 0 Å². The molecule has 2 atom stereocenters. The van der Waals surface area contributed by atoms with E-state index in [2.05, 4.69) is 72.6 Å². The zero-order valence-electron chi connectivity index (χ0n) is 12.5. The molecule has 21 heavy (non-hydrogen) atoms. The number of rotatable bonds is 2. The summed E-state index contributed by atoms with van der Waals surface area (Å²) < 4.78 is 0. The highest BCUT2D eigenvalue weighted by molar-refractivity contribution is 5.94. The van der Waals surface area contributed by atoms with E-state index < -0.39 is 0 Å². The molecule has 2 heterocycles. The number of likely N-dealkylation sites (N-methyl/N-ethyl adjacent to an activating group) is 1. The van der Waals surface area contributed by atoms with Crippen LogP contribution in [0.25, 0.3) is 11.1 Å². The van der Waals surface area contributed by atoms with Gasteiger partial charge >= 0.3 is 0 Å². The maximum atomic E-state index is 2.59. The molecule has 0 saturated carbocycles. The molecule has 0 amide bonds. The number of nitrogens with zero attached hydrogens (tertiary/aromatic N) is 1. The summed E-state index contributed by atoms with van der Waals surface area (Å²) in [6, 6.07) is 23.2. The second-order valence-corrected chi connectivity index (χ2v) is 6.24. The van der Waals surface area contributed by atoms with Crippen LogP contribution >= 0.6 is 0 Å². The van der Waals surface area contributed by atoms with Gasteiger partial charge in [0.15, 0.2) is 0 Å². The minimum Gasteiger partial charge on any atom is -0.296 e. The molecule has 1 fully saturated rings. The predicted molar refractivity (Wildman–Crippen MR) is 88.9 cm³/mol. The Balaban J connectivity index is 1.91. The average Bonchev–Trinajstić information content (AvgIpc) is 2.79. The molecule has 0 aliphatic carbocycles. The summed E-state index contributed by atoms with van der Waals surface area (Å²) in [5.74, 6) is 0. The van der Waals surface area contributed by atoms with Crippen molar-refractivity contribution in [2.24, 2.45) is 0 Å². The fourth-order valence-electron chi connectivity index (χ4n) is 4.05. The highest BCUT2D eigenvalue weighted by Gasteiger charge is 2.39. The first kappa shape index (κ1) is 12.8. The van der Waals surface area contributed by atoms with Gasteiger partial charge in [-0.3, -0.25) is 4.90 Å². The Labute approximate surface area is 126 Å². The summed E-state index contributed by atoms with van der Waals surface area (Å²) in [5, 5.41) is 0. The molecule has 0 N–H and O–H groups in total. The molecule has 0 aromatic heterocycles. The van der Waals surface area contributed by atoms with Gasteiger partial charge in [-0.2, -0.15) is 0 Å². The van der Waals surface area contributed by atoms with Gasteiger partial charge in [-0.05, 0) is 48.6 Å². The van der Waals surface area contributed by atoms with E-state index in [1.807, 2.05) is 0 Å². The molecule has 2 aliphatic heterocycles. The molecule has 0 radical (unpaired) electrons. The van der Waals surface area contributed by atoms with E-state index in [4.69, 9.17) is 0 Å². The quantitative estimate of drug-likeness (QED) is 0.782. The minimum absolute atomic E-state index is 0.585. The molecular weight excluding hydrogens is 254 g/mol.